The van der Waals surface area contributed by atoms with E-state index in [1.54, 1.807) is 0 Å². The molecule has 0 radical (unpaired) electrons. The molecule has 0 heterocycles. The predicted molar refractivity (Wildman–Crippen MR) is 42.8 cm³/mol. The molecule has 0 spiro atoms. The zero-order valence-corrected chi connectivity index (χ0v) is 6.71. The molecule has 0 saturated carbocycles. The Morgan fingerprint density at radius 2 is 2.36 bits per heavy atom. The van der Waals surface area contributed by atoms with Crippen molar-refractivity contribution in [3.05, 3.63) is 0 Å². The van der Waals surface area contributed by atoms with E-state index in [1.807, 2.05) is 6.92 Å². The van der Waals surface area contributed by atoms with Gasteiger partial charge in [-0.1, -0.05) is 5.92 Å². The van der Waals surface area contributed by atoms with E-state index in [-0.39, 0.29) is 18.9 Å². The van der Waals surface area contributed by atoms with Crippen molar-refractivity contribution in [1.29, 1.82) is 0 Å². The van der Waals surface area contributed by atoms with Gasteiger partial charge in [0.05, 0.1) is 13.0 Å². The molecule has 3 nitrogen and oxygen atoms in total. The minimum Gasteiger partial charge on any atom is -0.395 e. The van der Waals surface area contributed by atoms with Crippen LogP contribution in [-0.2, 0) is 4.79 Å². The van der Waals surface area contributed by atoms with Crippen LogP contribution in [0.3, 0.4) is 0 Å². The molecule has 0 saturated heterocycles. The highest BCUT2D eigenvalue weighted by Gasteiger charge is 2.07. The van der Waals surface area contributed by atoms with Gasteiger partial charge in [-0.3, -0.25) is 4.79 Å². The van der Waals surface area contributed by atoms with Crippen molar-refractivity contribution in [2.24, 2.45) is 0 Å². The van der Waals surface area contributed by atoms with Crippen LogP contribution in [0, 0.1) is 12.3 Å². The largest absolute Gasteiger partial charge is 0.395 e. The van der Waals surface area contributed by atoms with Gasteiger partial charge in [0.2, 0.25) is 5.91 Å². The van der Waals surface area contributed by atoms with Crippen LogP contribution in [0.25, 0.3) is 0 Å². The van der Waals surface area contributed by atoms with Gasteiger partial charge in [0.1, 0.15) is 0 Å². The summed E-state index contributed by atoms with van der Waals surface area (Å²) in [6, 6.07) is 0. The van der Waals surface area contributed by atoms with Gasteiger partial charge < -0.3 is 10.0 Å². The second-order valence-corrected chi connectivity index (χ2v) is 2.08. The third-order valence-electron chi connectivity index (χ3n) is 1.36. The number of terminal acetylenes is 1. The van der Waals surface area contributed by atoms with Crippen LogP contribution in [-0.4, -0.2) is 35.6 Å². The summed E-state index contributed by atoms with van der Waals surface area (Å²) in [6.07, 6.45) is 5.08. The van der Waals surface area contributed by atoms with Crippen LogP contribution in [0.15, 0.2) is 0 Å². The fraction of sp³-hybridized carbons (Fsp3) is 0.625. The number of nitrogens with zero attached hydrogens (tertiary/aromatic N) is 1. The van der Waals surface area contributed by atoms with Crippen LogP contribution in [0.5, 0.6) is 0 Å². The van der Waals surface area contributed by atoms with Crippen molar-refractivity contribution >= 4 is 5.91 Å². The average molecular weight is 155 g/mol. The topological polar surface area (TPSA) is 40.5 Å². The second kappa shape index (κ2) is 5.75. The molecule has 1 N–H and O–H groups in total. The van der Waals surface area contributed by atoms with Crippen LogP contribution in [0.2, 0.25) is 0 Å². The van der Waals surface area contributed by atoms with Gasteiger partial charge in [-0.25, -0.2) is 0 Å². The molecule has 0 bridgehead atoms. The summed E-state index contributed by atoms with van der Waals surface area (Å²) in [5, 5.41) is 8.54. The van der Waals surface area contributed by atoms with Crippen molar-refractivity contribution in [3.8, 4) is 12.3 Å². The maximum absolute atomic E-state index is 11.0. The first kappa shape index (κ1) is 9.99. The normalized spacial score (nSPS) is 8.82. The number of hydrogen-bond donors (Lipinski definition) is 1. The van der Waals surface area contributed by atoms with Crippen molar-refractivity contribution < 1.29 is 9.90 Å². The smallest absolute Gasteiger partial charge is 0.234 e. The Kier molecular flexibility index (Phi) is 5.22. The Balaban J connectivity index is 3.83. The van der Waals surface area contributed by atoms with Gasteiger partial charge >= 0.3 is 0 Å². The van der Waals surface area contributed by atoms with Crippen LogP contribution < -0.4 is 0 Å². The molecule has 1 amide bonds. The third kappa shape index (κ3) is 3.64. The zero-order valence-electron chi connectivity index (χ0n) is 6.71. The molecule has 0 rings (SSSR count). The van der Waals surface area contributed by atoms with E-state index in [0.29, 0.717) is 13.1 Å². The Bertz CT molecular complexity index is 160. The summed E-state index contributed by atoms with van der Waals surface area (Å²) < 4.78 is 0. The Labute approximate surface area is 67.0 Å². The minimum atomic E-state index is -0.0935. The van der Waals surface area contributed by atoms with Crippen LogP contribution in [0.4, 0.5) is 0 Å². The SMILES string of the molecule is C#CCC(=O)N(CC)CCO. The lowest BCUT2D eigenvalue weighted by Crippen LogP contribution is -2.32. The number of aliphatic hydroxyl groups excluding tert-OH is 1. The number of carbonyl (C=O) groups is 1. The number of amides is 1. The lowest BCUT2D eigenvalue weighted by Gasteiger charge is -2.17. The highest BCUT2D eigenvalue weighted by atomic mass is 16.3. The van der Waals surface area contributed by atoms with E-state index in [2.05, 4.69) is 5.92 Å². The molecule has 0 aliphatic rings. The highest BCUT2D eigenvalue weighted by molar-refractivity contribution is 5.78. The van der Waals surface area contributed by atoms with Crippen molar-refractivity contribution in [3.63, 3.8) is 0 Å². The monoisotopic (exact) mass is 155 g/mol. The minimum absolute atomic E-state index is 0.00977. The summed E-state index contributed by atoms with van der Waals surface area (Å²) in [6.45, 7) is 2.81. The van der Waals surface area contributed by atoms with E-state index in [1.165, 1.54) is 4.90 Å². The molecule has 0 fully saturated rings. The molecule has 3 heteroatoms. The quantitative estimate of drug-likeness (QED) is 0.573. The first-order chi connectivity index (χ1) is 5.26. The summed E-state index contributed by atoms with van der Waals surface area (Å²) in [4.78, 5) is 12.6. The van der Waals surface area contributed by atoms with Crippen LogP contribution in [0.1, 0.15) is 13.3 Å². The molecule has 0 aromatic heterocycles. The van der Waals surface area contributed by atoms with Gasteiger partial charge in [-0.05, 0) is 6.92 Å². The van der Waals surface area contributed by atoms with Gasteiger partial charge in [-0.2, -0.15) is 0 Å². The Morgan fingerprint density at radius 1 is 1.73 bits per heavy atom. The maximum Gasteiger partial charge on any atom is 0.234 e. The molecule has 0 unspecified atom stereocenters. The number of likely N-dealkylation sites (N-methyl/N-ethyl adjacent to an activating group) is 1. The lowest BCUT2D eigenvalue weighted by atomic mass is 10.3. The van der Waals surface area contributed by atoms with Crippen molar-refractivity contribution in [2.75, 3.05) is 19.7 Å². The average Bonchev–Trinajstić information content (AvgIpc) is 2.00. The van der Waals surface area contributed by atoms with Gasteiger partial charge in [0.15, 0.2) is 0 Å². The van der Waals surface area contributed by atoms with E-state index < -0.39 is 0 Å². The highest BCUT2D eigenvalue weighted by Crippen LogP contribution is 1.91. The molecule has 0 aromatic rings. The van der Waals surface area contributed by atoms with Gasteiger partial charge in [-0.15, -0.1) is 6.42 Å². The van der Waals surface area contributed by atoms with Crippen molar-refractivity contribution in [1.82, 2.24) is 4.90 Å². The van der Waals surface area contributed by atoms with Crippen LogP contribution >= 0.6 is 0 Å². The van der Waals surface area contributed by atoms with E-state index in [4.69, 9.17) is 11.5 Å². The van der Waals surface area contributed by atoms with Crippen molar-refractivity contribution in [2.45, 2.75) is 13.3 Å². The first-order valence-electron chi connectivity index (χ1n) is 3.58. The van der Waals surface area contributed by atoms with E-state index in [9.17, 15) is 4.79 Å². The third-order valence-corrected chi connectivity index (χ3v) is 1.36. The molecule has 0 atom stereocenters. The molecule has 0 aromatic carbocycles. The summed E-state index contributed by atoms with van der Waals surface area (Å²) in [5.41, 5.74) is 0. The number of carbonyl (C=O) groups excluding carboxylic acids is 1. The molecule has 0 aliphatic heterocycles. The zero-order chi connectivity index (χ0) is 8.69. The molecular formula is C8H13NO2. The Morgan fingerprint density at radius 3 is 2.73 bits per heavy atom. The number of rotatable bonds is 4. The first-order valence-corrected chi connectivity index (χ1v) is 3.58. The predicted octanol–water partition coefficient (Wildman–Crippen LogP) is -0.150. The summed E-state index contributed by atoms with van der Waals surface area (Å²) in [7, 11) is 0. The van der Waals surface area contributed by atoms with E-state index in [0.717, 1.165) is 0 Å². The second-order valence-electron chi connectivity index (χ2n) is 2.08. The molecule has 0 aliphatic carbocycles. The van der Waals surface area contributed by atoms with Gasteiger partial charge in [0.25, 0.3) is 0 Å². The summed E-state index contributed by atoms with van der Waals surface area (Å²) in [5.74, 6) is 2.17. The Hall–Kier alpha value is -1.01. The number of hydrogen-bond acceptors (Lipinski definition) is 2. The molecular weight excluding hydrogens is 142 g/mol. The maximum atomic E-state index is 11.0. The standard InChI is InChI=1S/C8H13NO2/c1-3-5-8(11)9(4-2)6-7-10/h1,10H,4-7H2,2H3. The molecule has 11 heavy (non-hydrogen) atoms. The lowest BCUT2D eigenvalue weighted by molar-refractivity contribution is -0.130. The summed E-state index contributed by atoms with van der Waals surface area (Å²) >= 11 is 0. The fourth-order valence-electron chi connectivity index (χ4n) is 0.779. The van der Waals surface area contributed by atoms with Gasteiger partial charge in [0, 0.05) is 13.1 Å². The number of aliphatic hydroxyl groups is 1. The van der Waals surface area contributed by atoms with E-state index >= 15 is 0 Å². The molecule has 62 valence electrons. The fourth-order valence-corrected chi connectivity index (χ4v) is 0.779.